The van der Waals surface area contributed by atoms with E-state index >= 15 is 0 Å². The normalized spacial score (nSPS) is 14.8. The van der Waals surface area contributed by atoms with E-state index in [9.17, 15) is 9.59 Å². The number of hydrogen-bond donors (Lipinski definition) is 2. The van der Waals surface area contributed by atoms with E-state index in [4.69, 9.17) is 5.11 Å². The van der Waals surface area contributed by atoms with Gasteiger partial charge < -0.3 is 10.4 Å². The zero-order valence-electron chi connectivity index (χ0n) is 8.82. The van der Waals surface area contributed by atoms with Crippen LogP contribution < -0.4 is 5.32 Å². The first-order valence-electron chi connectivity index (χ1n) is 5.05. The van der Waals surface area contributed by atoms with Gasteiger partial charge in [-0.15, -0.1) is 11.3 Å². The molecule has 0 atom stereocenters. The molecule has 2 N–H and O–H groups in total. The van der Waals surface area contributed by atoms with Crippen molar-refractivity contribution in [2.24, 2.45) is 5.92 Å². The minimum absolute atomic E-state index is 0.0460. The molecule has 1 aliphatic rings. The lowest BCUT2D eigenvalue weighted by molar-refractivity contribution is -0.122. The fourth-order valence-corrected chi connectivity index (χ4v) is 2.22. The van der Waals surface area contributed by atoms with E-state index in [1.54, 1.807) is 6.92 Å². The van der Waals surface area contributed by atoms with Crippen molar-refractivity contribution in [1.82, 2.24) is 10.3 Å². The predicted molar refractivity (Wildman–Crippen MR) is 58.4 cm³/mol. The molecular formula is C10H12N2O3S. The number of carboxylic acids is 1. The lowest BCUT2D eigenvalue weighted by Gasteiger charge is -1.99. The molecule has 0 aromatic carbocycles. The first-order chi connectivity index (χ1) is 7.58. The molecule has 0 unspecified atom stereocenters. The SMILES string of the molecule is Cc1nc(CNC(=O)C2CC2)sc1C(=O)O. The zero-order chi connectivity index (χ0) is 11.7. The first kappa shape index (κ1) is 11.1. The molecule has 86 valence electrons. The van der Waals surface area contributed by atoms with E-state index in [-0.39, 0.29) is 16.7 Å². The molecule has 0 aliphatic heterocycles. The number of nitrogens with zero attached hydrogens (tertiary/aromatic N) is 1. The summed E-state index contributed by atoms with van der Waals surface area (Å²) >= 11 is 1.12. The summed E-state index contributed by atoms with van der Waals surface area (Å²) in [6.45, 7) is 1.99. The van der Waals surface area contributed by atoms with E-state index in [1.165, 1.54) is 0 Å². The summed E-state index contributed by atoms with van der Waals surface area (Å²) in [5.41, 5.74) is 0.508. The number of carbonyl (C=O) groups excluding carboxylic acids is 1. The molecule has 0 radical (unpaired) electrons. The Kier molecular flexibility index (Phi) is 2.91. The fraction of sp³-hybridized carbons (Fsp3) is 0.500. The maximum atomic E-state index is 11.4. The minimum atomic E-state index is -0.963. The summed E-state index contributed by atoms with van der Waals surface area (Å²) in [5, 5.41) is 12.2. The van der Waals surface area contributed by atoms with Crippen molar-refractivity contribution < 1.29 is 14.7 Å². The third-order valence-electron chi connectivity index (χ3n) is 2.40. The standard InChI is InChI=1S/C10H12N2O3S/c1-5-8(10(14)15)16-7(12-5)4-11-9(13)6-2-3-6/h6H,2-4H2,1H3,(H,11,13)(H,14,15). The Hall–Kier alpha value is -1.43. The van der Waals surface area contributed by atoms with Crippen LogP contribution in [-0.2, 0) is 11.3 Å². The van der Waals surface area contributed by atoms with E-state index in [1.807, 2.05) is 0 Å². The number of rotatable bonds is 4. The molecule has 1 aromatic rings. The average Bonchev–Trinajstić information content (AvgIpc) is 2.99. The Morgan fingerprint density at radius 2 is 2.25 bits per heavy atom. The zero-order valence-corrected chi connectivity index (χ0v) is 9.63. The topological polar surface area (TPSA) is 79.3 Å². The molecule has 1 fully saturated rings. The fourth-order valence-electron chi connectivity index (χ4n) is 1.38. The second-order valence-corrected chi connectivity index (χ2v) is 4.90. The lowest BCUT2D eigenvalue weighted by Crippen LogP contribution is -2.23. The van der Waals surface area contributed by atoms with Crippen LogP contribution in [0.4, 0.5) is 0 Å². The third kappa shape index (κ3) is 2.38. The van der Waals surface area contributed by atoms with E-state index in [0.29, 0.717) is 17.2 Å². The maximum absolute atomic E-state index is 11.4. The highest BCUT2D eigenvalue weighted by molar-refractivity contribution is 7.13. The van der Waals surface area contributed by atoms with Gasteiger partial charge in [-0.2, -0.15) is 0 Å². The van der Waals surface area contributed by atoms with E-state index in [2.05, 4.69) is 10.3 Å². The second-order valence-electron chi connectivity index (χ2n) is 3.82. The van der Waals surface area contributed by atoms with Crippen molar-refractivity contribution >= 4 is 23.2 Å². The summed E-state index contributed by atoms with van der Waals surface area (Å²) in [6.07, 6.45) is 1.92. The molecule has 1 saturated carbocycles. The lowest BCUT2D eigenvalue weighted by atomic mass is 10.4. The van der Waals surface area contributed by atoms with Gasteiger partial charge in [0, 0.05) is 5.92 Å². The maximum Gasteiger partial charge on any atom is 0.347 e. The van der Waals surface area contributed by atoms with E-state index < -0.39 is 5.97 Å². The van der Waals surface area contributed by atoms with Gasteiger partial charge in [-0.25, -0.2) is 9.78 Å². The summed E-state index contributed by atoms with van der Waals surface area (Å²) in [5.74, 6) is -0.750. The van der Waals surface area contributed by atoms with Gasteiger partial charge in [0.15, 0.2) is 0 Å². The largest absolute Gasteiger partial charge is 0.477 e. The molecule has 0 saturated heterocycles. The van der Waals surface area contributed by atoms with Crippen molar-refractivity contribution in [3.8, 4) is 0 Å². The Bertz CT molecular complexity index is 437. The Labute approximate surface area is 96.5 Å². The molecule has 6 heteroatoms. The smallest absolute Gasteiger partial charge is 0.347 e. The van der Waals surface area contributed by atoms with Crippen molar-refractivity contribution in [2.75, 3.05) is 0 Å². The van der Waals surface area contributed by atoms with Crippen molar-refractivity contribution in [2.45, 2.75) is 26.3 Å². The monoisotopic (exact) mass is 240 g/mol. The highest BCUT2D eigenvalue weighted by Crippen LogP contribution is 2.29. The third-order valence-corrected chi connectivity index (χ3v) is 3.54. The number of aromatic carboxylic acids is 1. The summed E-state index contributed by atoms with van der Waals surface area (Å²) in [6, 6.07) is 0. The van der Waals surface area contributed by atoms with Crippen LogP contribution in [0.3, 0.4) is 0 Å². The Morgan fingerprint density at radius 1 is 1.56 bits per heavy atom. The van der Waals surface area contributed by atoms with Gasteiger partial charge in [-0.1, -0.05) is 0 Å². The second kappa shape index (κ2) is 4.21. The molecule has 1 amide bonds. The Morgan fingerprint density at radius 3 is 2.75 bits per heavy atom. The predicted octanol–water partition coefficient (Wildman–Crippen LogP) is 1.18. The molecule has 1 aromatic heterocycles. The number of nitrogens with one attached hydrogen (secondary N) is 1. The van der Waals surface area contributed by atoms with Gasteiger partial charge >= 0.3 is 5.97 Å². The molecule has 0 spiro atoms. The number of aryl methyl sites for hydroxylation is 1. The highest BCUT2D eigenvalue weighted by Gasteiger charge is 2.29. The van der Waals surface area contributed by atoms with Gasteiger partial charge in [-0.3, -0.25) is 4.79 Å². The summed E-state index contributed by atoms with van der Waals surface area (Å²) < 4.78 is 0. The van der Waals surface area contributed by atoms with Crippen molar-refractivity contribution in [1.29, 1.82) is 0 Å². The van der Waals surface area contributed by atoms with Crippen LogP contribution in [0.5, 0.6) is 0 Å². The number of carbonyl (C=O) groups is 2. The molecule has 1 aliphatic carbocycles. The number of thiazole rings is 1. The van der Waals surface area contributed by atoms with Crippen molar-refractivity contribution in [3.63, 3.8) is 0 Å². The van der Waals surface area contributed by atoms with E-state index in [0.717, 1.165) is 24.2 Å². The van der Waals surface area contributed by atoms with Gasteiger partial charge in [-0.05, 0) is 19.8 Å². The van der Waals surface area contributed by atoms with Crippen molar-refractivity contribution in [3.05, 3.63) is 15.6 Å². The van der Waals surface area contributed by atoms with Gasteiger partial charge in [0.25, 0.3) is 0 Å². The van der Waals surface area contributed by atoms with Crippen LogP contribution in [0.25, 0.3) is 0 Å². The number of hydrogen-bond acceptors (Lipinski definition) is 4. The number of aromatic nitrogens is 1. The van der Waals surface area contributed by atoms with Crippen LogP contribution in [0.15, 0.2) is 0 Å². The van der Waals surface area contributed by atoms with Crippen LogP contribution in [0.1, 0.15) is 33.2 Å². The molecule has 5 nitrogen and oxygen atoms in total. The Balaban J connectivity index is 1.96. The molecule has 2 rings (SSSR count). The minimum Gasteiger partial charge on any atom is -0.477 e. The van der Waals surface area contributed by atoms with Crippen LogP contribution >= 0.6 is 11.3 Å². The molecule has 16 heavy (non-hydrogen) atoms. The van der Waals surface area contributed by atoms with Gasteiger partial charge in [0.1, 0.15) is 9.88 Å². The van der Waals surface area contributed by atoms with Gasteiger partial charge in [0.2, 0.25) is 5.91 Å². The first-order valence-corrected chi connectivity index (χ1v) is 5.87. The van der Waals surface area contributed by atoms with Gasteiger partial charge in [0.05, 0.1) is 12.2 Å². The molecule has 1 heterocycles. The summed E-state index contributed by atoms with van der Waals surface area (Å²) in [7, 11) is 0. The van der Waals surface area contributed by atoms with Crippen LogP contribution in [-0.4, -0.2) is 22.0 Å². The summed E-state index contributed by atoms with van der Waals surface area (Å²) in [4.78, 5) is 26.5. The highest BCUT2D eigenvalue weighted by atomic mass is 32.1. The quantitative estimate of drug-likeness (QED) is 0.828. The average molecular weight is 240 g/mol. The van der Waals surface area contributed by atoms with Crippen LogP contribution in [0.2, 0.25) is 0 Å². The molecular weight excluding hydrogens is 228 g/mol. The number of amides is 1. The number of carboxylic acid groups (broad SMARTS) is 1. The van der Waals surface area contributed by atoms with Crippen LogP contribution in [0, 0.1) is 12.8 Å². The molecule has 0 bridgehead atoms.